The van der Waals surface area contributed by atoms with Crippen LogP contribution in [0.1, 0.15) is 24.1 Å². The van der Waals surface area contributed by atoms with Gasteiger partial charge >= 0.3 is 0 Å². The number of anilines is 1. The minimum atomic E-state index is 0.173. The average Bonchev–Trinajstić information content (AvgIpc) is 3.06. The van der Waals surface area contributed by atoms with Gasteiger partial charge in [-0.15, -0.1) is 0 Å². The standard InChI is InChI=1S/C15H21N7O/c1-9(5-11-6-10(2)20-21-11)17-14-12-7-16-22(3)15(12)19-13(18-14)8-23-4/h6-7,9H,5,8H2,1-4H3,(H,20,21)(H,17,18,19)/t9-/m0/s1. The topological polar surface area (TPSA) is 93.5 Å². The van der Waals surface area contributed by atoms with E-state index in [-0.39, 0.29) is 6.04 Å². The van der Waals surface area contributed by atoms with E-state index in [0.29, 0.717) is 12.4 Å². The number of nitrogens with one attached hydrogen (secondary N) is 2. The van der Waals surface area contributed by atoms with E-state index < -0.39 is 0 Å². The van der Waals surface area contributed by atoms with Gasteiger partial charge in [0.25, 0.3) is 0 Å². The quantitative estimate of drug-likeness (QED) is 0.717. The highest BCUT2D eigenvalue weighted by molar-refractivity contribution is 5.86. The number of fused-ring (bicyclic) bond motifs is 1. The third-order valence-corrected chi connectivity index (χ3v) is 3.57. The minimum Gasteiger partial charge on any atom is -0.377 e. The van der Waals surface area contributed by atoms with Gasteiger partial charge in [0, 0.05) is 32.3 Å². The number of hydrogen-bond donors (Lipinski definition) is 2. The summed E-state index contributed by atoms with van der Waals surface area (Å²) in [5.74, 6) is 1.41. The molecule has 0 aliphatic rings. The molecule has 122 valence electrons. The van der Waals surface area contributed by atoms with Crippen molar-refractivity contribution >= 4 is 16.9 Å². The lowest BCUT2D eigenvalue weighted by atomic mass is 10.1. The van der Waals surface area contributed by atoms with Crippen molar-refractivity contribution in [2.75, 3.05) is 12.4 Å². The van der Waals surface area contributed by atoms with Gasteiger partial charge in [-0.05, 0) is 19.9 Å². The number of aromatic nitrogens is 6. The van der Waals surface area contributed by atoms with Crippen LogP contribution in [0.15, 0.2) is 12.3 Å². The Morgan fingerprint density at radius 2 is 2.22 bits per heavy atom. The van der Waals surface area contributed by atoms with E-state index in [1.165, 1.54) is 0 Å². The third kappa shape index (κ3) is 3.31. The predicted molar refractivity (Wildman–Crippen MR) is 87.1 cm³/mol. The Bertz CT molecular complexity index is 807. The first kappa shape index (κ1) is 15.4. The van der Waals surface area contributed by atoms with E-state index in [1.54, 1.807) is 18.0 Å². The zero-order valence-electron chi connectivity index (χ0n) is 13.8. The molecule has 3 aromatic heterocycles. The van der Waals surface area contributed by atoms with Crippen molar-refractivity contribution in [1.29, 1.82) is 0 Å². The molecule has 2 N–H and O–H groups in total. The van der Waals surface area contributed by atoms with Crippen LogP contribution in [0.4, 0.5) is 5.82 Å². The van der Waals surface area contributed by atoms with Gasteiger partial charge in [-0.2, -0.15) is 10.2 Å². The lowest BCUT2D eigenvalue weighted by Gasteiger charge is -2.14. The second kappa shape index (κ2) is 6.33. The highest BCUT2D eigenvalue weighted by Gasteiger charge is 2.14. The van der Waals surface area contributed by atoms with E-state index in [9.17, 15) is 0 Å². The molecule has 0 fully saturated rings. The van der Waals surface area contributed by atoms with Gasteiger partial charge in [0.15, 0.2) is 11.5 Å². The number of methoxy groups -OCH3 is 1. The smallest absolute Gasteiger partial charge is 0.163 e. The monoisotopic (exact) mass is 315 g/mol. The Hall–Kier alpha value is -2.48. The molecule has 1 atom stereocenters. The first-order chi connectivity index (χ1) is 11.1. The van der Waals surface area contributed by atoms with Crippen molar-refractivity contribution in [3.63, 3.8) is 0 Å². The number of rotatable bonds is 6. The molecule has 0 radical (unpaired) electrons. The van der Waals surface area contributed by atoms with Gasteiger partial charge in [0.05, 0.1) is 17.3 Å². The zero-order valence-corrected chi connectivity index (χ0v) is 13.8. The number of hydrogen-bond acceptors (Lipinski definition) is 6. The molecular formula is C15H21N7O. The van der Waals surface area contributed by atoms with Crippen LogP contribution in [-0.4, -0.2) is 43.1 Å². The fraction of sp³-hybridized carbons (Fsp3) is 0.467. The molecule has 8 nitrogen and oxygen atoms in total. The van der Waals surface area contributed by atoms with Gasteiger partial charge in [-0.1, -0.05) is 0 Å². The lowest BCUT2D eigenvalue weighted by Crippen LogP contribution is -2.20. The zero-order chi connectivity index (χ0) is 16.4. The molecule has 3 heterocycles. The summed E-state index contributed by atoms with van der Waals surface area (Å²) in [7, 11) is 3.50. The number of ether oxygens (including phenoxy) is 1. The van der Waals surface area contributed by atoms with Gasteiger partial charge in [-0.25, -0.2) is 9.97 Å². The molecule has 8 heteroatoms. The van der Waals surface area contributed by atoms with Crippen molar-refractivity contribution in [2.45, 2.75) is 32.9 Å². The van der Waals surface area contributed by atoms with E-state index >= 15 is 0 Å². The van der Waals surface area contributed by atoms with Gasteiger partial charge in [0.2, 0.25) is 0 Å². The van der Waals surface area contributed by atoms with Gasteiger partial charge < -0.3 is 10.1 Å². The molecule has 0 aromatic carbocycles. The maximum absolute atomic E-state index is 5.16. The van der Waals surface area contributed by atoms with Crippen molar-refractivity contribution in [2.24, 2.45) is 7.05 Å². The maximum Gasteiger partial charge on any atom is 0.163 e. The Morgan fingerprint density at radius 3 is 2.91 bits per heavy atom. The van der Waals surface area contributed by atoms with Crippen LogP contribution >= 0.6 is 0 Å². The van der Waals surface area contributed by atoms with Crippen LogP contribution in [0.25, 0.3) is 11.0 Å². The Labute approximate surface area is 134 Å². The predicted octanol–water partition coefficient (Wildman–Crippen LogP) is 1.58. The van der Waals surface area contributed by atoms with Crippen molar-refractivity contribution in [1.82, 2.24) is 29.9 Å². The van der Waals surface area contributed by atoms with Crippen LogP contribution in [0.2, 0.25) is 0 Å². The first-order valence-electron chi connectivity index (χ1n) is 7.51. The molecule has 0 aliphatic heterocycles. The molecule has 0 unspecified atom stereocenters. The van der Waals surface area contributed by atoms with E-state index in [2.05, 4.69) is 37.5 Å². The fourth-order valence-corrected chi connectivity index (χ4v) is 2.55. The molecule has 3 aromatic rings. The Morgan fingerprint density at radius 1 is 1.39 bits per heavy atom. The summed E-state index contributed by atoms with van der Waals surface area (Å²) in [5.41, 5.74) is 2.87. The first-order valence-corrected chi connectivity index (χ1v) is 7.51. The number of aryl methyl sites for hydroxylation is 2. The highest BCUT2D eigenvalue weighted by atomic mass is 16.5. The normalized spacial score (nSPS) is 12.7. The second-order valence-corrected chi connectivity index (χ2v) is 5.72. The van der Waals surface area contributed by atoms with E-state index in [4.69, 9.17) is 4.74 Å². The summed E-state index contributed by atoms with van der Waals surface area (Å²) >= 11 is 0. The average molecular weight is 315 g/mol. The maximum atomic E-state index is 5.16. The van der Waals surface area contributed by atoms with E-state index in [0.717, 1.165) is 34.7 Å². The fourth-order valence-electron chi connectivity index (χ4n) is 2.55. The van der Waals surface area contributed by atoms with E-state index in [1.807, 2.05) is 20.0 Å². The highest BCUT2D eigenvalue weighted by Crippen LogP contribution is 2.21. The summed E-state index contributed by atoms with van der Waals surface area (Å²) in [6.45, 7) is 4.46. The summed E-state index contributed by atoms with van der Waals surface area (Å²) in [6.07, 6.45) is 2.58. The van der Waals surface area contributed by atoms with Crippen LogP contribution in [-0.2, 0) is 24.8 Å². The SMILES string of the molecule is COCc1nc(N[C@@H](C)Cc2cc(C)[nH]n2)c2cnn(C)c2n1. The van der Waals surface area contributed by atoms with Crippen LogP contribution < -0.4 is 5.32 Å². The van der Waals surface area contributed by atoms with Crippen molar-refractivity contribution in [3.05, 3.63) is 29.5 Å². The molecule has 0 spiro atoms. The number of H-pyrrole nitrogens is 1. The Kier molecular flexibility index (Phi) is 4.24. The molecule has 0 saturated carbocycles. The summed E-state index contributed by atoms with van der Waals surface area (Å²) in [5, 5.41) is 15.8. The molecule has 0 saturated heterocycles. The second-order valence-electron chi connectivity index (χ2n) is 5.72. The molecule has 3 rings (SSSR count). The molecule has 0 aliphatic carbocycles. The minimum absolute atomic E-state index is 0.173. The lowest BCUT2D eigenvalue weighted by molar-refractivity contribution is 0.178. The number of aromatic amines is 1. The third-order valence-electron chi connectivity index (χ3n) is 3.57. The van der Waals surface area contributed by atoms with Crippen LogP contribution in [0.3, 0.4) is 0 Å². The van der Waals surface area contributed by atoms with Crippen LogP contribution in [0, 0.1) is 6.92 Å². The summed E-state index contributed by atoms with van der Waals surface area (Å²) < 4.78 is 6.89. The molecule has 0 bridgehead atoms. The van der Waals surface area contributed by atoms with Crippen LogP contribution in [0.5, 0.6) is 0 Å². The van der Waals surface area contributed by atoms with Crippen molar-refractivity contribution < 1.29 is 4.74 Å². The summed E-state index contributed by atoms with van der Waals surface area (Å²) in [6, 6.07) is 2.22. The molecule has 23 heavy (non-hydrogen) atoms. The Balaban J connectivity index is 1.85. The number of nitrogens with zero attached hydrogens (tertiary/aromatic N) is 5. The van der Waals surface area contributed by atoms with Gasteiger partial charge in [-0.3, -0.25) is 9.78 Å². The largest absolute Gasteiger partial charge is 0.377 e. The van der Waals surface area contributed by atoms with Crippen molar-refractivity contribution in [3.8, 4) is 0 Å². The molecular weight excluding hydrogens is 294 g/mol. The van der Waals surface area contributed by atoms with Gasteiger partial charge in [0.1, 0.15) is 12.4 Å². The summed E-state index contributed by atoms with van der Waals surface area (Å²) in [4.78, 5) is 9.05. The molecule has 0 amide bonds.